The lowest BCUT2D eigenvalue weighted by Crippen LogP contribution is -2.42. The van der Waals surface area contributed by atoms with Crippen LogP contribution in [0.3, 0.4) is 0 Å². The number of nitrogens with one attached hydrogen (secondary N) is 1. The molecule has 162 valence electrons. The Labute approximate surface area is 177 Å². The Morgan fingerprint density at radius 2 is 1.77 bits per heavy atom. The number of anilines is 1. The lowest BCUT2D eigenvalue weighted by atomic mass is 9.97. The number of halogens is 1. The standard InChI is InChI=1S/C23H31FN4O2/c1-17-15-22(28(26-17)19-9-7-18(24)8-10-19)25-23(29)16-27-13-11-21(12-14-27)30-20-5-3-2-4-6-20/h7-10,15,20-21H,2-6,11-14,16H2,1H3,(H,25,29). The topological polar surface area (TPSA) is 59.4 Å². The molecule has 4 rings (SSSR count). The zero-order valence-corrected chi connectivity index (χ0v) is 17.6. The number of aromatic nitrogens is 2. The summed E-state index contributed by atoms with van der Waals surface area (Å²) in [5, 5.41) is 7.39. The van der Waals surface area contributed by atoms with Gasteiger partial charge >= 0.3 is 0 Å². The highest BCUT2D eigenvalue weighted by atomic mass is 19.1. The van der Waals surface area contributed by atoms with Crippen LogP contribution in [0, 0.1) is 12.7 Å². The third-order valence-corrected chi connectivity index (χ3v) is 6.01. The SMILES string of the molecule is Cc1cc(NC(=O)CN2CCC(OC3CCCCC3)CC2)n(-c2ccc(F)cc2)n1. The van der Waals surface area contributed by atoms with Gasteiger partial charge < -0.3 is 10.1 Å². The number of amides is 1. The van der Waals surface area contributed by atoms with Crippen molar-refractivity contribution < 1.29 is 13.9 Å². The maximum absolute atomic E-state index is 13.2. The normalized spacial score (nSPS) is 19.1. The Balaban J connectivity index is 1.28. The van der Waals surface area contributed by atoms with Crippen molar-refractivity contribution in [3.05, 3.63) is 41.8 Å². The minimum atomic E-state index is -0.302. The summed E-state index contributed by atoms with van der Waals surface area (Å²) in [6.07, 6.45) is 9.05. The molecular formula is C23H31FN4O2. The number of carbonyl (C=O) groups is 1. The first-order chi connectivity index (χ1) is 14.6. The number of carbonyl (C=O) groups excluding carboxylic acids is 1. The fourth-order valence-electron chi connectivity index (χ4n) is 4.43. The maximum Gasteiger partial charge on any atom is 0.239 e. The van der Waals surface area contributed by atoms with Crippen LogP contribution in [0.1, 0.15) is 50.6 Å². The summed E-state index contributed by atoms with van der Waals surface area (Å²) in [4.78, 5) is 14.8. The van der Waals surface area contributed by atoms with Crippen LogP contribution in [0.25, 0.3) is 5.69 Å². The van der Waals surface area contributed by atoms with Gasteiger partial charge in [-0.05, 0) is 56.9 Å². The summed E-state index contributed by atoms with van der Waals surface area (Å²) in [7, 11) is 0. The molecule has 0 spiro atoms. The molecule has 0 unspecified atom stereocenters. The molecule has 1 aromatic carbocycles. The van der Waals surface area contributed by atoms with Gasteiger partial charge in [-0.1, -0.05) is 19.3 Å². The second-order valence-corrected chi connectivity index (χ2v) is 8.48. The molecule has 30 heavy (non-hydrogen) atoms. The zero-order valence-electron chi connectivity index (χ0n) is 17.6. The quantitative estimate of drug-likeness (QED) is 0.774. The third-order valence-electron chi connectivity index (χ3n) is 6.01. The van der Waals surface area contributed by atoms with Gasteiger partial charge in [0.25, 0.3) is 0 Å². The van der Waals surface area contributed by atoms with Crippen molar-refractivity contribution in [3.8, 4) is 5.69 Å². The van der Waals surface area contributed by atoms with E-state index < -0.39 is 0 Å². The van der Waals surface area contributed by atoms with Crippen LogP contribution in [0.2, 0.25) is 0 Å². The van der Waals surface area contributed by atoms with Crippen molar-refractivity contribution in [3.63, 3.8) is 0 Å². The fraction of sp³-hybridized carbons (Fsp3) is 0.565. The number of rotatable bonds is 6. The van der Waals surface area contributed by atoms with Crippen LogP contribution in [0.4, 0.5) is 10.2 Å². The molecule has 1 N–H and O–H groups in total. The number of likely N-dealkylation sites (tertiary alicyclic amines) is 1. The van der Waals surface area contributed by atoms with E-state index in [-0.39, 0.29) is 11.7 Å². The van der Waals surface area contributed by atoms with Crippen molar-refractivity contribution >= 4 is 11.7 Å². The van der Waals surface area contributed by atoms with E-state index in [2.05, 4.69) is 15.3 Å². The molecule has 2 heterocycles. The molecule has 2 aliphatic rings. The van der Waals surface area contributed by atoms with Crippen molar-refractivity contribution in [2.24, 2.45) is 0 Å². The zero-order chi connectivity index (χ0) is 20.9. The van der Waals surface area contributed by atoms with E-state index in [4.69, 9.17) is 4.74 Å². The molecule has 2 aromatic rings. The lowest BCUT2D eigenvalue weighted by molar-refractivity contribution is -0.118. The van der Waals surface area contributed by atoms with Crippen LogP contribution in [-0.4, -0.2) is 52.4 Å². The Morgan fingerprint density at radius 3 is 2.47 bits per heavy atom. The minimum Gasteiger partial charge on any atom is -0.375 e. The number of hydrogen-bond acceptors (Lipinski definition) is 4. The van der Waals surface area contributed by atoms with E-state index in [1.54, 1.807) is 16.8 Å². The number of aryl methyl sites for hydroxylation is 1. The first-order valence-corrected chi connectivity index (χ1v) is 11.1. The molecular weight excluding hydrogens is 383 g/mol. The molecule has 1 aliphatic carbocycles. The Bertz CT molecular complexity index is 837. The van der Waals surface area contributed by atoms with Gasteiger partial charge in [-0.25, -0.2) is 9.07 Å². The van der Waals surface area contributed by atoms with Gasteiger partial charge in [-0.2, -0.15) is 5.10 Å². The highest BCUT2D eigenvalue weighted by Crippen LogP contribution is 2.25. The molecule has 6 nitrogen and oxygen atoms in total. The van der Waals surface area contributed by atoms with Crippen LogP contribution < -0.4 is 5.32 Å². The second kappa shape index (κ2) is 9.71. The monoisotopic (exact) mass is 414 g/mol. The smallest absolute Gasteiger partial charge is 0.239 e. The van der Waals surface area contributed by atoms with Crippen molar-refractivity contribution in [2.45, 2.75) is 64.1 Å². The van der Waals surface area contributed by atoms with Crippen molar-refractivity contribution in [2.75, 3.05) is 25.0 Å². The predicted octanol–water partition coefficient (Wildman–Crippen LogP) is 4.07. The summed E-state index contributed by atoms with van der Waals surface area (Å²) in [5.74, 6) is 0.230. The molecule has 0 atom stereocenters. The number of ether oxygens (including phenoxy) is 1. The van der Waals surface area contributed by atoms with Crippen molar-refractivity contribution in [1.29, 1.82) is 0 Å². The van der Waals surface area contributed by atoms with E-state index in [9.17, 15) is 9.18 Å². The van der Waals surface area contributed by atoms with Crippen LogP contribution in [0.5, 0.6) is 0 Å². The average Bonchev–Trinajstić information content (AvgIpc) is 3.10. The van der Waals surface area contributed by atoms with Crippen molar-refractivity contribution in [1.82, 2.24) is 14.7 Å². The molecule has 2 fully saturated rings. The molecule has 1 aliphatic heterocycles. The summed E-state index contributed by atoms with van der Waals surface area (Å²) in [6.45, 7) is 3.97. The Kier molecular flexibility index (Phi) is 6.79. The average molecular weight is 415 g/mol. The Hall–Kier alpha value is -2.25. The van der Waals surface area contributed by atoms with Crippen LogP contribution >= 0.6 is 0 Å². The van der Waals surface area contributed by atoms with E-state index in [1.165, 1.54) is 44.2 Å². The molecule has 1 amide bonds. The molecule has 1 saturated heterocycles. The first-order valence-electron chi connectivity index (χ1n) is 11.1. The minimum absolute atomic E-state index is 0.0649. The van der Waals surface area contributed by atoms with Gasteiger partial charge in [0.2, 0.25) is 5.91 Å². The van der Waals surface area contributed by atoms with E-state index in [0.717, 1.165) is 31.6 Å². The number of hydrogen-bond donors (Lipinski definition) is 1. The van der Waals surface area contributed by atoms with Crippen LogP contribution in [0.15, 0.2) is 30.3 Å². The first kappa shape index (κ1) is 21.0. The van der Waals surface area contributed by atoms with Gasteiger partial charge in [0.1, 0.15) is 11.6 Å². The van der Waals surface area contributed by atoms with Gasteiger partial charge in [0.15, 0.2) is 0 Å². The summed E-state index contributed by atoms with van der Waals surface area (Å²) >= 11 is 0. The molecule has 0 radical (unpaired) electrons. The fourth-order valence-corrected chi connectivity index (χ4v) is 4.43. The Morgan fingerprint density at radius 1 is 1.10 bits per heavy atom. The van der Waals surface area contributed by atoms with Gasteiger partial charge in [-0.15, -0.1) is 0 Å². The molecule has 1 aromatic heterocycles. The van der Waals surface area contributed by atoms with E-state index >= 15 is 0 Å². The highest BCUT2D eigenvalue weighted by molar-refractivity contribution is 5.91. The highest BCUT2D eigenvalue weighted by Gasteiger charge is 2.25. The molecule has 7 heteroatoms. The van der Waals surface area contributed by atoms with Gasteiger partial charge in [0.05, 0.1) is 30.1 Å². The maximum atomic E-state index is 13.2. The summed E-state index contributed by atoms with van der Waals surface area (Å²) in [6, 6.07) is 7.89. The molecule has 0 bridgehead atoms. The number of piperidine rings is 1. The number of benzene rings is 1. The second-order valence-electron chi connectivity index (χ2n) is 8.48. The van der Waals surface area contributed by atoms with E-state index in [0.29, 0.717) is 30.3 Å². The van der Waals surface area contributed by atoms with Crippen LogP contribution in [-0.2, 0) is 9.53 Å². The summed E-state index contributed by atoms with van der Waals surface area (Å²) in [5.41, 5.74) is 1.50. The predicted molar refractivity (Wildman–Crippen MR) is 114 cm³/mol. The molecule has 1 saturated carbocycles. The number of nitrogens with zero attached hydrogens (tertiary/aromatic N) is 3. The van der Waals surface area contributed by atoms with Gasteiger partial charge in [-0.3, -0.25) is 9.69 Å². The third kappa shape index (κ3) is 5.46. The summed E-state index contributed by atoms with van der Waals surface area (Å²) < 4.78 is 21.2. The van der Waals surface area contributed by atoms with E-state index in [1.807, 2.05) is 13.0 Å². The van der Waals surface area contributed by atoms with Gasteiger partial charge in [0, 0.05) is 19.2 Å². The largest absolute Gasteiger partial charge is 0.375 e. The lowest BCUT2D eigenvalue weighted by Gasteiger charge is -2.34.